The van der Waals surface area contributed by atoms with Crippen LogP contribution in [0.2, 0.25) is 0 Å². The van der Waals surface area contributed by atoms with Crippen LogP contribution in [0.5, 0.6) is 0 Å². The molecule has 0 rings (SSSR count). The van der Waals surface area contributed by atoms with Gasteiger partial charge in [0.2, 0.25) is 5.91 Å². The maximum absolute atomic E-state index is 12.4. The van der Waals surface area contributed by atoms with Gasteiger partial charge in [-0.3, -0.25) is 9.59 Å². The van der Waals surface area contributed by atoms with Crippen LogP contribution < -0.4 is 5.32 Å². The Kier molecular flexibility index (Phi) is 54.0. The molecule has 0 aromatic rings. The fourth-order valence-corrected chi connectivity index (χ4v) is 9.28. The Bertz CT molecular complexity index is 970. The van der Waals surface area contributed by atoms with Crippen LogP contribution in [0.25, 0.3) is 0 Å². The minimum absolute atomic E-state index is 0.0144. The van der Waals surface area contributed by atoms with Crippen molar-refractivity contribution in [3.05, 3.63) is 12.2 Å². The zero-order chi connectivity index (χ0) is 47.2. The van der Waals surface area contributed by atoms with Crippen molar-refractivity contribution in [2.75, 3.05) is 13.2 Å². The predicted octanol–water partition coefficient (Wildman–Crippen LogP) is 18.1. The second kappa shape index (κ2) is 55.2. The highest BCUT2D eigenvalue weighted by Gasteiger charge is 2.20. The van der Waals surface area contributed by atoms with Gasteiger partial charge in [-0.05, 0) is 51.4 Å². The molecule has 0 radical (unpaired) electrons. The van der Waals surface area contributed by atoms with Crippen molar-refractivity contribution < 1.29 is 24.5 Å². The van der Waals surface area contributed by atoms with Crippen molar-refractivity contribution in [1.29, 1.82) is 0 Å². The molecule has 6 heteroatoms. The van der Waals surface area contributed by atoms with E-state index in [1.165, 1.54) is 257 Å². The molecule has 1 amide bonds. The summed E-state index contributed by atoms with van der Waals surface area (Å²) in [5.74, 6) is -0.0234. The molecule has 0 aliphatic rings. The molecule has 0 bridgehead atoms. The van der Waals surface area contributed by atoms with E-state index in [0.29, 0.717) is 25.9 Å². The average Bonchev–Trinajstić information content (AvgIpc) is 3.31. The molecule has 0 aliphatic carbocycles. The summed E-state index contributed by atoms with van der Waals surface area (Å²) >= 11 is 0. The molecule has 386 valence electrons. The van der Waals surface area contributed by atoms with Crippen molar-refractivity contribution in [1.82, 2.24) is 5.32 Å². The first-order valence-electron chi connectivity index (χ1n) is 29.4. The van der Waals surface area contributed by atoms with Crippen LogP contribution in [0.1, 0.15) is 328 Å². The van der Waals surface area contributed by atoms with E-state index in [-0.39, 0.29) is 18.5 Å². The molecule has 3 N–H and O–H groups in total. The monoisotopic (exact) mass is 918 g/mol. The molecule has 2 unspecified atom stereocenters. The van der Waals surface area contributed by atoms with Crippen molar-refractivity contribution in [3.8, 4) is 0 Å². The molecule has 0 aliphatic heterocycles. The summed E-state index contributed by atoms with van der Waals surface area (Å²) in [6.07, 6.45) is 65.0. The van der Waals surface area contributed by atoms with E-state index in [0.717, 1.165) is 38.5 Å². The van der Waals surface area contributed by atoms with Crippen LogP contribution >= 0.6 is 0 Å². The SMILES string of the molecule is CCCCCCCCCCCCCCC(=O)OCCCCCCCCCCCCCC/C=C\CCCCCCCCCCCC(=O)NC(CO)C(O)CCCCCCCCCCCCC. The highest BCUT2D eigenvalue weighted by molar-refractivity contribution is 5.76. The Morgan fingerprint density at radius 2 is 0.723 bits per heavy atom. The average molecular weight is 919 g/mol. The van der Waals surface area contributed by atoms with Gasteiger partial charge in [-0.15, -0.1) is 0 Å². The predicted molar refractivity (Wildman–Crippen MR) is 283 cm³/mol. The van der Waals surface area contributed by atoms with Crippen molar-refractivity contribution in [2.24, 2.45) is 0 Å². The number of hydrogen-bond donors (Lipinski definition) is 3. The number of allylic oxidation sites excluding steroid dienone is 2. The minimum Gasteiger partial charge on any atom is -0.466 e. The topological polar surface area (TPSA) is 95.9 Å². The third-order valence-corrected chi connectivity index (χ3v) is 13.8. The lowest BCUT2D eigenvalue weighted by Crippen LogP contribution is -2.45. The third kappa shape index (κ3) is 51.8. The third-order valence-electron chi connectivity index (χ3n) is 13.8. The van der Waals surface area contributed by atoms with E-state index >= 15 is 0 Å². The minimum atomic E-state index is -0.663. The van der Waals surface area contributed by atoms with Gasteiger partial charge in [0.1, 0.15) is 0 Å². The van der Waals surface area contributed by atoms with Gasteiger partial charge in [0.15, 0.2) is 0 Å². The van der Waals surface area contributed by atoms with Gasteiger partial charge in [-0.1, -0.05) is 276 Å². The summed E-state index contributed by atoms with van der Waals surface area (Å²) in [6.45, 7) is 4.96. The van der Waals surface area contributed by atoms with E-state index in [2.05, 4.69) is 31.3 Å². The lowest BCUT2D eigenvalue weighted by Gasteiger charge is -2.22. The lowest BCUT2D eigenvalue weighted by atomic mass is 10.0. The van der Waals surface area contributed by atoms with E-state index in [1.54, 1.807) is 0 Å². The Balaban J connectivity index is 3.37. The standard InChI is InChI=1S/C59H115NO5/c1-3-5-7-9-11-13-15-33-37-41-45-49-53-59(64)65-54-50-46-42-38-34-30-28-26-24-22-20-18-16-17-19-21-23-25-27-29-32-36-40-44-48-52-58(63)60-56(55-61)57(62)51-47-43-39-35-31-14-12-10-8-6-4-2/h17,19,56-57,61-62H,3-16,18,20-55H2,1-2H3,(H,60,63)/b19-17-. The number of aliphatic hydroxyl groups excluding tert-OH is 2. The fourth-order valence-electron chi connectivity index (χ4n) is 9.28. The summed E-state index contributed by atoms with van der Waals surface area (Å²) in [7, 11) is 0. The van der Waals surface area contributed by atoms with Gasteiger partial charge in [0, 0.05) is 12.8 Å². The number of carbonyl (C=O) groups excluding carboxylic acids is 2. The van der Waals surface area contributed by atoms with E-state index in [1.807, 2.05) is 0 Å². The molecule has 0 aromatic heterocycles. The molecule has 0 spiro atoms. The van der Waals surface area contributed by atoms with Gasteiger partial charge in [-0.25, -0.2) is 0 Å². The summed E-state index contributed by atoms with van der Waals surface area (Å²) in [6, 6.07) is -0.541. The number of ether oxygens (including phenoxy) is 1. The summed E-state index contributed by atoms with van der Waals surface area (Å²) in [5.41, 5.74) is 0. The quantitative estimate of drug-likeness (QED) is 0.0321. The van der Waals surface area contributed by atoms with Gasteiger partial charge < -0.3 is 20.3 Å². The number of carbonyl (C=O) groups is 2. The number of unbranched alkanes of at least 4 members (excludes halogenated alkanes) is 42. The Labute approximate surface area is 406 Å². The number of nitrogens with one attached hydrogen (secondary N) is 1. The van der Waals surface area contributed by atoms with Crippen LogP contribution in [-0.4, -0.2) is 47.4 Å². The summed E-state index contributed by atoms with van der Waals surface area (Å²) in [5, 5.41) is 23.2. The van der Waals surface area contributed by atoms with Gasteiger partial charge in [0.25, 0.3) is 0 Å². The molecular weight excluding hydrogens is 803 g/mol. The molecule has 2 atom stereocenters. The smallest absolute Gasteiger partial charge is 0.305 e. The Morgan fingerprint density at radius 1 is 0.415 bits per heavy atom. The number of esters is 1. The van der Waals surface area contributed by atoms with Crippen LogP contribution in [-0.2, 0) is 14.3 Å². The molecule has 0 saturated carbocycles. The lowest BCUT2D eigenvalue weighted by molar-refractivity contribution is -0.143. The van der Waals surface area contributed by atoms with Crippen LogP contribution in [0, 0.1) is 0 Å². The van der Waals surface area contributed by atoms with Crippen LogP contribution in [0.15, 0.2) is 12.2 Å². The first kappa shape index (κ1) is 63.6. The molecule has 0 fully saturated rings. The van der Waals surface area contributed by atoms with Gasteiger partial charge in [-0.2, -0.15) is 0 Å². The maximum atomic E-state index is 12.4. The molecule has 0 saturated heterocycles. The zero-order valence-electron chi connectivity index (χ0n) is 44.0. The Morgan fingerprint density at radius 3 is 1.09 bits per heavy atom. The number of aliphatic hydroxyl groups is 2. The number of amides is 1. The fraction of sp³-hybridized carbons (Fsp3) is 0.932. The molecule has 6 nitrogen and oxygen atoms in total. The van der Waals surface area contributed by atoms with E-state index in [4.69, 9.17) is 4.74 Å². The van der Waals surface area contributed by atoms with Crippen molar-refractivity contribution >= 4 is 11.9 Å². The second-order valence-electron chi connectivity index (χ2n) is 20.3. The molecule has 65 heavy (non-hydrogen) atoms. The largest absolute Gasteiger partial charge is 0.466 e. The normalized spacial score (nSPS) is 12.6. The highest BCUT2D eigenvalue weighted by atomic mass is 16.5. The van der Waals surface area contributed by atoms with Crippen LogP contribution in [0.3, 0.4) is 0 Å². The van der Waals surface area contributed by atoms with Gasteiger partial charge in [0.05, 0.1) is 25.4 Å². The summed E-state index contributed by atoms with van der Waals surface area (Å²) < 4.78 is 5.47. The van der Waals surface area contributed by atoms with Crippen molar-refractivity contribution in [3.63, 3.8) is 0 Å². The molecule has 0 heterocycles. The van der Waals surface area contributed by atoms with E-state index in [9.17, 15) is 19.8 Å². The van der Waals surface area contributed by atoms with Gasteiger partial charge >= 0.3 is 5.97 Å². The van der Waals surface area contributed by atoms with E-state index < -0.39 is 12.1 Å². The summed E-state index contributed by atoms with van der Waals surface area (Å²) in [4.78, 5) is 24.4. The molecular formula is C59H115NO5. The molecule has 0 aromatic carbocycles. The first-order valence-corrected chi connectivity index (χ1v) is 29.4. The van der Waals surface area contributed by atoms with Crippen LogP contribution in [0.4, 0.5) is 0 Å². The second-order valence-corrected chi connectivity index (χ2v) is 20.3. The highest BCUT2D eigenvalue weighted by Crippen LogP contribution is 2.17. The first-order chi connectivity index (χ1) is 32.0. The number of hydrogen-bond acceptors (Lipinski definition) is 5. The maximum Gasteiger partial charge on any atom is 0.305 e. The zero-order valence-corrected chi connectivity index (χ0v) is 44.0. The van der Waals surface area contributed by atoms with Crippen molar-refractivity contribution in [2.45, 2.75) is 341 Å². The number of rotatable bonds is 55. The Hall–Kier alpha value is -1.40.